The Morgan fingerprint density at radius 1 is 1.04 bits per heavy atom. The van der Waals surface area contributed by atoms with E-state index in [0.29, 0.717) is 11.4 Å². The Hall–Kier alpha value is -2.38. The van der Waals surface area contributed by atoms with Crippen molar-refractivity contribution in [2.24, 2.45) is 0 Å². The Morgan fingerprint density at radius 2 is 1.64 bits per heavy atom. The van der Waals surface area contributed by atoms with Crippen molar-refractivity contribution in [3.05, 3.63) is 54.6 Å². The van der Waals surface area contributed by atoms with Crippen LogP contribution in [0.4, 0.5) is 5.69 Å². The molecule has 1 aliphatic rings. The predicted octanol–water partition coefficient (Wildman–Crippen LogP) is 3.66. The summed E-state index contributed by atoms with van der Waals surface area (Å²) in [5, 5.41) is 2.72. The number of carbonyl (C=O) groups is 1. The molecule has 1 fully saturated rings. The zero-order chi connectivity index (χ0) is 20.1. The van der Waals surface area contributed by atoms with Crippen LogP contribution in [0.25, 0.3) is 0 Å². The van der Waals surface area contributed by atoms with E-state index < -0.39 is 10.0 Å². The van der Waals surface area contributed by atoms with E-state index in [1.165, 1.54) is 12.1 Å². The normalized spacial score (nSPS) is 20.5. The van der Waals surface area contributed by atoms with Gasteiger partial charge in [-0.2, -0.15) is 4.31 Å². The van der Waals surface area contributed by atoms with Crippen LogP contribution in [0.5, 0.6) is 5.75 Å². The summed E-state index contributed by atoms with van der Waals surface area (Å²) in [5.74, 6) is 0.307. The number of piperidine rings is 1. The van der Waals surface area contributed by atoms with Crippen LogP contribution >= 0.6 is 0 Å². The van der Waals surface area contributed by atoms with E-state index in [-0.39, 0.29) is 29.5 Å². The molecule has 0 unspecified atom stereocenters. The van der Waals surface area contributed by atoms with E-state index in [0.717, 1.165) is 19.3 Å². The zero-order valence-corrected chi connectivity index (χ0v) is 17.0. The third-order valence-electron chi connectivity index (χ3n) is 4.94. The van der Waals surface area contributed by atoms with Gasteiger partial charge < -0.3 is 10.1 Å². The van der Waals surface area contributed by atoms with Crippen molar-refractivity contribution in [1.82, 2.24) is 4.31 Å². The van der Waals surface area contributed by atoms with Crippen molar-refractivity contribution < 1.29 is 17.9 Å². The molecule has 0 aliphatic carbocycles. The maximum atomic E-state index is 13.0. The molecule has 28 heavy (non-hydrogen) atoms. The molecule has 0 aromatic heterocycles. The Balaban J connectivity index is 1.63. The lowest BCUT2D eigenvalue weighted by Gasteiger charge is -2.37. The first kappa shape index (κ1) is 20.4. The number of rotatable bonds is 6. The maximum Gasteiger partial charge on any atom is 0.262 e. The van der Waals surface area contributed by atoms with Gasteiger partial charge in [0.25, 0.3) is 5.91 Å². The summed E-state index contributed by atoms with van der Waals surface area (Å²) < 4.78 is 33.1. The van der Waals surface area contributed by atoms with Gasteiger partial charge in [-0.15, -0.1) is 0 Å². The molecule has 1 amide bonds. The molecule has 1 aliphatic heterocycles. The van der Waals surface area contributed by atoms with Crippen LogP contribution in [-0.4, -0.2) is 37.3 Å². The number of hydrogen-bond donors (Lipinski definition) is 1. The number of amides is 1. The van der Waals surface area contributed by atoms with E-state index in [1.54, 1.807) is 28.6 Å². The van der Waals surface area contributed by atoms with Crippen molar-refractivity contribution >= 4 is 21.6 Å². The minimum Gasteiger partial charge on any atom is -0.484 e. The molecule has 2 atom stereocenters. The molecule has 0 saturated carbocycles. The van der Waals surface area contributed by atoms with E-state index in [1.807, 2.05) is 32.0 Å². The largest absolute Gasteiger partial charge is 0.484 e. The zero-order valence-electron chi connectivity index (χ0n) is 16.2. The van der Waals surface area contributed by atoms with Gasteiger partial charge in [0.15, 0.2) is 6.61 Å². The van der Waals surface area contributed by atoms with Crippen LogP contribution in [0.15, 0.2) is 59.5 Å². The van der Waals surface area contributed by atoms with Crippen molar-refractivity contribution in [2.75, 3.05) is 11.9 Å². The Labute approximate surface area is 166 Å². The highest BCUT2D eigenvalue weighted by atomic mass is 32.2. The van der Waals surface area contributed by atoms with Gasteiger partial charge in [0.1, 0.15) is 5.75 Å². The third-order valence-corrected chi connectivity index (χ3v) is 7.08. The first-order chi connectivity index (χ1) is 13.4. The average Bonchev–Trinajstić information content (AvgIpc) is 2.67. The lowest BCUT2D eigenvalue weighted by atomic mass is 10.0. The average molecular weight is 403 g/mol. The number of nitrogens with zero attached hydrogens (tertiary/aromatic N) is 1. The lowest BCUT2D eigenvalue weighted by Crippen LogP contribution is -2.47. The van der Waals surface area contributed by atoms with Crippen molar-refractivity contribution in [3.8, 4) is 5.75 Å². The van der Waals surface area contributed by atoms with Gasteiger partial charge in [0.05, 0.1) is 4.90 Å². The molecule has 2 aromatic rings. The molecule has 3 rings (SSSR count). The van der Waals surface area contributed by atoms with E-state index in [9.17, 15) is 13.2 Å². The first-order valence-corrected chi connectivity index (χ1v) is 10.9. The lowest BCUT2D eigenvalue weighted by molar-refractivity contribution is -0.118. The molecule has 0 bridgehead atoms. The predicted molar refractivity (Wildman–Crippen MR) is 109 cm³/mol. The minimum absolute atomic E-state index is 0.0109. The molecule has 2 aromatic carbocycles. The van der Waals surface area contributed by atoms with Gasteiger partial charge in [-0.1, -0.05) is 24.6 Å². The number of ether oxygens (including phenoxy) is 1. The number of hydrogen-bond acceptors (Lipinski definition) is 4. The fourth-order valence-electron chi connectivity index (χ4n) is 3.57. The molecule has 0 radical (unpaired) electrons. The van der Waals surface area contributed by atoms with Crippen LogP contribution in [0.2, 0.25) is 0 Å². The monoisotopic (exact) mass is 402 g/mol. The highest BCUT2D eigenvalue weighted by Gasteiger charge is 2.35. The number of anilines is 1. The molecular weight excluding hydrogens is 376 g/mol. The summed E-state index contributed by atoms with van der Waals surface area (Å²) in [4.78, 5) is 12.3. The van der Waals surface area contributed by atoms with Gasteiger partial charge >= 0.3 is 0 Å². The Bertz CT molecular complexity index is 888. The first-order valence-electron chi connectivity index (χ1n) is 9.49. The van der Waals surface area contributed by atoms with Gasteiger partial charge in [-0.3, -0.25) is 4.79 Å². The smallest absolute Gasteiger partial charge is 0.262 e. The second-order valence-electron chi connectivity index (χ2n) is 7.14. The summed E-state index contributed by atoms with van der Waals surface area (Å²) in [7, 11) is -3.56. The highest BCUT2D eigenvalue weighted by molar-refractivity contribution is 7.89. The molecular formula is C21H26N2O4S. The highest BCUT2D eigenvalue weighted by Crippen LogP contribution is 2.29. The van der Waals surface area contributed by atoms with Crippen LogP contribution in [0, 0.1) is 0 Å². The van der Waals surface area contributed by atoms with Gasteiger partial charge in [-0.05, 0) is 63.1 Å². The summed E-state index contributed by atoms with van der Waals surface area (Å²) >= 11 is 0. The molecule has 150 valence electrons. The van der Waals surface area contributed by atoms with Crippen molar-refractivity contribution in [2.45, 2.75) is 50.1 Å². The van der Waals surface area contributed by atoms with Gasteiger partial charge in [-0.25, -0.2) is 8.42 Å². The summed E-state index contributed by atoms with van der Waals surface area (Å²) in [5.41, 5.74) is 0.528. The SMILES string of the molecule is C[C@H]1CCC[C@H](C)N1S(=O)(=O)c1ccc(NC(=O)COc2ccccc2)cc1. The molecule has 6 nitrogen and oxygen atoms in total. The number of benzene rings is 2. The van der Waals surface area contributed by atoms with Crippen LogP contribution < -0.4 is 10.1 Å². The summed E-state index contributed by atoms with van der Waals surface area (Å²) in [6.45, 7) is 3.79. The number of para-hydroxylation sites is 1. The molecule has 1 saturated heterocycles. The number of carbonyl (C=O) groups excluding carboxylic acids is 1. The quantitative estimate of drug-likeness (QED) is 0.800. The number of nitrogens with one attached hydrogen (secondary N) is 1. The van der Waals surface area contributed by atoms with Crippen LogP contribution in [0.3, 0.4) is 0 Å². The van der Waals surface area contributed by atoms with Crippen LogP contribution in [-0.2, 0) is 14.8 Å². The Morgan fingerprint density at radius 3 is 2.25 bits per heavy atom. The molecule has 0 spiro atoms. The molecule has 1 heterocycles. The van der Waals surface area contributed by atoms with Crippen molar-refractivity contribution in [3.63, 3.8) is 0 Å². The molecule has 7 heteroatoms. The van der Waals surface area contributed by atoms with Crippen molar-refractivity contribution in [1.29, 1.82) is 0 Å². The fourth-order valence-corrected chi connectivity index (χ4v) is 5.45. The summed E-state index contributed by atoms with van der Waals surface area (Å²) in [6, 6.07) is 15.3. The topological polar surface area (TPSA) is 75.7 Å². The van der Waals surface area contributed by atoms with E-state index in [2.05, 4.69) is 5.32 Å². The minimum atomic E-state index is -3.56. The molecule has 1 N–H and O–H groups in total. The second kappa shape index (κ2) is 8.75. The second-order valence-corrected chi connectivity index (χ2v) is 8.98. The Kier molecular flexibility index (Phi) is 6.36. The fraction of sp³-hybridized carbons (Fsp3) is 0.381. The maximum absolute atomic E-state index is 13.0. The summed E-state index contributed by atoms with van der Waals surface area (Å²) in [6.07, 6.45) is 2.79. The van der Waals surface area contributed by atoms with E-state index >= 15 is 0 Å². The van der Waals surface area contributed by atoms with Gasteiger partial charge in [0.2, 0.25) is 10.0 Å². The number of sulfonamides is 1. The standard InChI is InChI=1S/C21H26N2O4S/c1-16-7-6-8-17(2)23(16)28(25,26)20-13-11-18(12-14-20)22-21(24)15-27-19-9-4-3-5-10-19/h3-5,9-14,16-17H,6-8,15H2,1-2H3,(H,22,24)/t16-,17-/m0/s1. The van der Waals surface area contributed by atoms with E-state index in [4.69, 9.17) is 4.74 Å². The third kappa shape index (κ3) is 4.72. The van der Waals surface area contributed by atoms with Gasteiger partial charge in [0, 0.05) is 17.8 Å². The van der Waals surface area contributed by atoms with Crippen LogP contribution in [0.1, 0.15) is 33.1 Å².